The van der Waals surface area contributed by atoms with Gasteiger partial charge in [0.1, 0.15) is 5.69 Å². The molecule has 0 atom stereocenters. The van der Waals surface area contributed by atoms with Crippen LogP contribution in [-0.2, 0) is 10.0 Å². The maximum Gasteiger partial charge on any atom is 0.286 e. The third kappa shape index (κ3) is 4.20. The van der Waals surface area contributed by atoms with Crippen LogP contribution in [-0.4, -0.2) is 42.6 Å². The number of piperidine rings is 1. The molecule has 1 aliphatic heterocycles. The quantitative estimate of drug-likeness (QED) is 0.688. The maximum atomic E-state index is 12.9. The van der Waals surface area contributed by atoms with E-state index < -0.39 is 21.8 Å². The van der Waals surface area contributed by atoms with Gasteiger partial charge >= 0.3 is 0 Å². The predicted octanol–water partition coefficient (Wildman–Crippen LogP) is 1.57. The average Bonchev–Trinajstić information content (AvgIpc) is 3.21. The summed E-state index contributed by atoms with van der Waals surface area (Å²) in [6, 6.07) is 7.71. The highest BCUT2D eigenvalue weighted by Gasteiger charge is 2.28. The number of nitrogens with zero attached hydrogens (tertiary/aromatic N) is 1. The zero-order valence-corrected chi connectivity index (χ0v) is 15.8. The van der Waals surface area contributed by atoms with Gasteiger partial charge in [-0.25, -0.2) is 8.42 Å². The zero-order valence-electron chi connectivity index (χ0n) is 15.0. The summed E-state index contributed by atoms with van der Waals surface area (Å²) in [5.74, 6) is -1.09. The van der Waals surface area contributed by atoms with Gasteiger partial charge in [0.2, 0.25) is 10.0 Å². The van der Waals surface area contributed by atoms with E-state index in [1.807, 2.05) is 0 Å². The van der Waals surface area contributed by atoms with E-state index in [0.29, 0.717) is 24.3 Å². The molecular formula is C18H22N4O4S. The van der Waals surface area contributed by atoms with E-state index in [4.69, 9.17) is 0 Å². The third-order valence-corrected chi connectivity index (χ3v) is 6.56. The number of nitrogens with one attached hydrogen (secondary N) is 3. The topological polar surface area (TPSA) is 111 Å². The van der Waals surface area contributed by atoms with Crippen molar-refractivity contribution in [3.05, 3.63) is 53.3 Å². The van der Waals surface area contributed by atoms with Gasteiger partial charge in [-0.05, 0) is 49.6 Å². The van der Waals surface area contributed by atoms with Crippen molar-refractivity contribution in [2.24, 2.45) is 0 Å². The van der Waals surface area contributed by atoms with Gasteiger partial charge in [-0.1, -0.05) is 12.5 Å². The number of aryl methyl sites for hydroxylation is 1. The number of aromatic nitrogens is 1. The van der Waals surface area contributed by atoms with Gasteiger partial charge in [0.15, 0.2) is 0 Å². The molecule has 0 aliphatic carbocycles. The summed E-state index contributed by atoms with van der Waals surface area (Å²) < 4.78 is 27.3. The molecule has 2 amide bonds. The smallest absolute Gasteiger partial charge is 0.286 e. The maximum absolute atomic E-state index is 12.9. The molecule has 9 heteroatoms. The summed E-state index contributed by atoms with van der Waals surface area (Å²) in [6.07, 6.45) is 4.29. The lowest BCUT2D eigenvalue weighted by Gasteiger charge is -2.26. The van der Waals surface area contributed by atoms with Gasteiger partial charge in [-0.15, -0.1) is 0 Å². The molecule has 0 radical (unpaired) electrons. The second-order valence-corrected chi connectivity index (χ2v) is 8.34. The van der Waals surface area contributed by atoms with Gasteiger partial charge in [0, 0.05) is 24.8 Å². The normalized spacial score (nSPS) is 15.3. The number of amides is 2. The summed E-state index contributed by atoms with van der Waals surface area (Å²) >= 11 is 0. The minimum absolute atomic E-state index is 0.118. The first kappa shape index (κ1) is 19.1. The van der Waals surface area contributed by atoms with Crippen LogP contribution in [0.4, 0.5) is 0 Å². The highest BCUT2D eigenvalue weighted by atomic mass is 32.2. The van der Waals surface area contributed by atoms with E-state index in [9.17, 15) is 18.0 Å². The van der Waals surface area contributed by atoms with Crippen LogP contribution in [0.15, 0.2) is 41.4 Å². The number of carbonyl (C=O) groups is 2. The van der Waals surface area contributed by atoms with Crippen molar-refractivity contribution in [3.8, 4) is 0 Å². The second-order valence-electron chi connectivity index (χ2n) is 6.44. The van der Waals surface area contributed by atoms with Crippen molar-refractivity contribution >= 4 is 21.8 Å². The van der Waals surface area contributed by atoms with E-state index in [1.54, 1.807) is 31.3 Å². The summed E-state index contributed by atoms with van der Waals surface area (Å²) in [7, 11) is -3.65. The summed E-state index contributed by atoms with van der Waals surface area (Å²) in [5, 5.41) is 0. The first-order valence-electron chi connectivity index (χ1n) is 8.74. The van der Waals surface area contributed by atoms with Crippen LogP contribution < -0.4 is 10.9 Å². The van der Waals surface area contributed by atoms with Crippen LogP contribution in [0.3, 0.4) is 0 Å². The highest BCUT2D eigenvalue weighted by molar-refractivity contribution is 7.89. The molecule has 2 aromatic rings. The van der Waals surface area contributed by atoms with Crippen molar-refractivity contribution in [1.82, 2.24) is 20.1 Å². The predicted molar refractivity (Wildman–Crippen MR) is 99.5 cm³/mol. The largest absolute Gasteiger partial charge is 0.357 e. The minimum Gasteiger partial charge on any atom is -0.357 e. The Labute approximate surface area is 158 Å². The SMILES string of the molecule is Cc1ccc(C(=O)NNC(=O)c2ccc[nH]2)cc1S(=O)(=O)N1CCCCC1. The van der Waals surface area contributed by atoms with E-state index in [1.165, 1.54) is 16.4 Å². The minimum atomic E-state index is -3.65. The molecule has 1 fully saturated rings. The van der Waals surface area contributed by atoms with Crippen LogP contribution in [0.1, 0.15) is 45.7 Å². The molecule has 1 aromatic heterocycles. The summed E-state index contributed by atoms with van der Waals surface area (Å²) in [5.41, 5.74) is 5.62. The Morgan fingerprint density at radius 3 is 2.41 bits per heavy atom. The van der Waals surface area contributed by atoms with Crippen molar-refractivity contribution in [2.45, 2.75) is 31.1 Å². The van der Waals surface area contributed by atoms with Gasteiger partial charge in [0.05, 0.1) is 4.90 Å². The van der Waals surface area contributed by atoms with Crippen LogP contribution in [0, 0.1) is 6.92 Å². The van der Waals surface area contributed by atoms with Gasteiger partial charge < -0.3 is 4.98 Å². The molecule has 8 nitrogen and oxygen atoms in total. The number of benzene rings is 1. The Kier molecular flexibility index (Phi) is 5.62. The molecule has 144 valence electrons. The van der Waals surface area contributed by atoms with Gasteiger partial charge in [0.25, 0.3) is 11.8 Å². The molecule has 0 bridgehead atoms. The lowest BCUT2D eigenvalue weighted by molar-refractivity contribution is 0.0844. The number of sulfonamides is 1. The standard InChI is InChI=1S/C18H22N4O4S/c1-13-7-8-14(17(23)20-21-18(24)15-6-5-9-19-15)12-16(13)27(25,26)22-10-3-2-4-11-22/h5-9,12,19H,2-4,10-11H2,1H3,(H,20,23)(H,21,24). The highest BCUT2D eigenvalue weighted by Crippen LogP contribution is 2.24. The van der Waals surface area contributed by atoms with Crippen molar-refractivity contribution < 1.29 is 18.0 Å². The molecule has 27 heavy (non-hydrogen) atoms. The number of hydrogen-bond donors (Lipinski definition) is 3. The number of rotatable bonds is 4. The molecule has 3 rings (SSSR count). The first-order chi connectivity index (χ1) is 12.9. The first-order valence-corrected chi connectivity index (χ1v) is 10.2. The van der Waals surface area contributed by atoms with Gasteiger partial charge in [-0.2, -0.15) is 4.31 Å². The monoisotopic (exact) mass is 390 g/mol. The molecule has 1 aromatic carbocycles. The third-order valence-electron chi connectivity index (χ3n) is 4.52. The number of carbonyl (C=O) groups excluding carboxylic acids is 2. The van der Waals surface area contributed by atoms with Crippen LogP contribution in [0.2, 0.25) is 0 Å². The van der Waals surface area contributed by atoms with E-state index in [2.05, 4.69) is 15.8 Å². The average molecular weight is 390 g/mol. The fourth-order valence-electron chi connectivity index (χ4n) is 2.99. The van der Waals surface area contributed by atoms with Crippen LogP contribution in [0.5, 0.6) is 0 Å². The molecule has 0 unspecified atom stereocenters. The van der Waals surface area contributed by atoms with Crippen LogP contribution in [0.25, 0.3) is 0 Å². The Bertz CT molecular complexity index is 932. The number of aromatic amines is 1. The Hall–Kier alpha value is -2.65. The fourth-order valence-corrected chi connectivity index (χ4v) is 4.76. The van der Waals surface area contributed by atoms with Crippen LogP contribution >= 0.6 is 0 Å². The summed E-state index contributed by atoms with van der Waals surface area (Å²) in [6.45, 7) is 2.68. The Morgan fingerprint density at radius 1 is 1.04 bits per heavy atom. The van der Waals surface area contributed by atoms with E-state index in [-0.39, 0.29) is 10.5 Å². The molecule has 0 spiro atoms. The molecule has 0 saturated carbocycles. The lowest BCUT2D eigenvalue weighted by Crippen LogP contribution is -2.42. The van der Waals surface area contributed by atoms with Crippen molar-refractivity contribution in [3.63, 3.8) is 0 Å². The molecular weight excluding hydrogens is 368 g/mol. The molecule has 2 heterocycles. The Balaban J connectivity index is 1.76. The molecule has 3 N–H and O–H groups in total. The lowest BCUT2D eigenvalue weighted by atomic mass is 10.1. The molecule has 1 aliphatic rings. The van der Waals surface area contributed by atoms with E-state index in [0.717, 1.165) is 19.3 Å². The summed E-state index contributed by atoms with van der Waals surface area (Å²) in [4.78, 5) is 27.1. The number of hydrazine groups is 1. The Morgan fingerprint density at radius 2 is 1.74 bits per heavy atom. The van der Waals surface area contributed by atoms with E-state index >= 15 is 0 Å². The van der Waals surface area contributed by atoms with Crippen molar-refractivity contribution in [2.75, 3.05) is 13.1 Å². The number of H-pyrrole nitrogens is 1. The van der Waals surface area contributed by atoms with Crippen molar-refractivity contribution in [1.29, 1.82) is 0 Å². The molecule has 1 saturated heterocycles. The zero-order chi connectivity index (χ0) is 19.4. The second kappa shape index (κ2) is 7.93. The van der Waals surface area contributed by atoms with Gasteiger partial charge in [-0.3, -0.25) is 20.4 Å². The number of hydrogen-bond acceptors (Lipinski definition) is 4. The fraction of sp³-hybridized carbons (Fsp3) is 0.333.